The molecule has 2 fully saturated rings. The molecule has 6 heteroatoms. The molecule has 0 aliphatic carbocycles. The fourth-order valence-corrected chi connectivity index (χ4v) is 6.44. The molecule has 0 amide bonds. The molecular formula is C19H28N2O3S. The van der Waals surface area contributed by atoms with E-state index in [9.17, 15) is 8.42 Å². The van der Waals surface area contributed by atoms with E-state index in [2.05, 4.69) is 17.0 Å². The van der Waals surface area contributed by atoms with Crippen molar-refractivity contribution in [3.63, 3.8) is 0 Å². The first kappa shape index (κ1) is 17.3. The second-order valence-corrected chi connectivity index (χ2v) is 9.75. The van der Waals surface area contributed by atoms with Crippen molar-refractivity contribution in [1.29, 1.82) is 0 Å². The molecule has 0 bridgehead atoms. The number of piperidine rings is 2. The number of rotatable bonds is 3. The molecule has 1 aromatic carbocycles. The van der Waals surface area contributed by atoms with Gasteiger partial charge >= 0.3 is 0 Å². The summed E-state index contributed by atoms with van der Waals surface area (Å²) in [5.41, 5.74) is 2.73. The first-order valence-corrected chi connectivity index (χ1v) is 11.0. The third-order valence-electron chi connectivity index (χ3n) is 6.34. The Hall–Kier alpha value is -1.11. The van der Waals surface area contributed by atoms with Gasteiger partial charge in [0, 0.05) is 31.7 Å². The monoisotopic (exact) mass is 364 g/mol. The molecule has 138 valence electrons. The molecule has 3 atom stereocenters. The molecule has 0 unspecified atom stereocenters. The summed E-state index contributed by atoms with van der Waals surface area (Å²) in [7, 11) is -1.42. The van der Waals surface area contributed by atoms with Gasteiger partial charge in [0.25, 0.3) is 0 Å². The summed E-state index contributed by atoms with van der Waals surface area (Å²) in [4.78, 5) is 2.58. The minimum atomic E-state index is -3.12. The maximum Gasteiger partial charge on any atom is 0.214 e. The predicted molar refractivity (Wildman–Crippen MR) is 98.3 cm³/mol. The molecule has 0 spiro atoms. The zero-order valence-corrected chi connectivity index (χ0v) is 16.0. The molecule has 3 aliphatic rings. The van der Waals surface area contributed by atoms with Crippen LogP contribution in [0.3, 0.4) is 0 Å². The van der Waals surface area contributed by atoms with Crippen LogP contribution in [0.2, 0.25) is 0 Å². The van der Waals surface area contributed by atoms with Gasteiger partial charge in [0.1, 0.15) is 5.75 Å². The Bertz CT molecular complexity index is 749. The highest BCUT2D eigenvalue weighted by Gasteiger charge is 2.45. The van der Waals surface area contributed by atoms with Crippen LogP contribution in [0.4, 0.5) is 0 Å². The average Bonchev–Trinajstić information content (AvgIpc) is 2.65. The van der Waals surface area contributed by atoms with Crippen molar-refractivity contribution >= 4 is 10.0 Å². The van der Waals surface area contributed by atoms with Gasteiger partial charge in [0.05, 0.1) is 12.9 Å². The topological polar surface area (TPSA) is 49.9 Å². The summed E-state index contributed by atoms with van der Waals surface area (Å²) in [6.45, 7) is 4.54. The molecule has 4 rings (SSSR count). The van der Waals surface area contributed by atoms with Gasteiger partial charge in [-0.15, -0.1) is 0 Å². The maximum atomic E-state index is 12.6. The van der Waals surface area contributed by atoms with Crippen LogP contribution in [-0.4, -0.2) is 56.2 Å². The molecule has 0 radical (unpaired) electrons. The van der Waals surface area contributed by atoms with E-state index in [1.54, 1.807) is 14.0 Å². The third kappa shape index (κ3) is 2.98. The van der Waals surface area contributed by atoms with Gasteiger partial charge in [-0.2, -0.15) is 4.31 Å². The lowest BCUT2D eigenvalue weighted by Crippen LogP contribution is -2.57. The first-order valence-electron chi connectivity index (χ1n) is 9.44. The van der Waals surface area contributed by atoms with Gasteiger partial charge in [0.15, 0.2) is 0 Å². The number of methoxy groups -OCH3 is 1. The third-order valence-corrected chi connectivity index (χ3v) is 8.24. The smallest absolute Gasteiger partial charge is 0.214 e. The van der Waals surface area contributed by atoms with E-state index < -0.39 is 10.0 Å². The molecular weight excluding hydrogens is 336 g/mol. The highest BCUT2D eigenvalue weighted by Crippen LogP contribution is 2.44. The Kier molecular flexibility index (Phi) is 4.54. The quantitative estimate of drug-likeness (QED) is 0.827. The van der Waals surface area contributed by atoms with Crippen molar-refractivity contribution in [2.24, 2.45) is 5.92 Å². The Balaban J connectivity index is 1.65. The number of hydrogen-bond donors (Lipinski definition) is 0. The van der Waals surface area contributed by atoms with Crippen LogP contribution in [0.15, 0.2) is 18.2 Å². The van der Waals surface area contributed by atoms with Crippen molar-refractivity contribution in [3.8, 4) is 5.75 Å². The normalized spacial score (nSPS) is 30.2. The number of fused-ring (bicyclic) bond motifs is 4. The van der Waals surface area contributed by atoms with Crippen LogP contribution in [0.25, 0.3) is 0 Å². The molecule has 3 aliphatic heterocycles. The van der Waals surface area contributed by atoms with Crippen LogP contribution in [0.1, 0.15) is 43.4 Å². The van der Waals surface area contributed by atoms with E-state index >= 15 is 0 Å². The SMILES string of the molecule is CCS(=O)(=O)N1CCC[C@H]2CN3CCc4cc(OC)ccc4[C@H]3C[C@H]21. The van der Waals surface area contributed by atoms with E-state index in [-0.39, 0.29) is 11.8 Å². The second kappa shape index (κ2) is 6.56. The fourth-order valence-electron chi connectivity index (χ4n) is 5.03. The van der Waals surface area contributed by atoms with Gasteiger partial charge in [-0.05, 0) is 61.8 Å². The zero-order valence-electron chi connectivity index (χ0n) is 15.1. The van der Waals surface area contributed by atoms with Crippen LogP contribution < -0.4 is 4.74 Å². The summed E-state index contributed by atoms with van der Waals surface area (Å²) in [5.74, 6) is 1.60. The lowest BCUT2D eigenvalue weighted by molar-refractivity contribution is 0.0220. The van der Waals surface area contributed by atoms with Crippen LogP contribution in [0.5, 0.6) is 5.75 Å². The van der Waals surface area contributed by atoms with Crippen molar-refractivity contribution in [2.75, 3.05) is 32.5 Å². The van der Waals surface area contributed by atoms with Gasteiger partial charge in [-0.25, -0.2) is 8.42 Å². The minimum absolute atomic E-state index is 0.160. The van der Waals surface area contributed by atoms with E-state index in [1.807, 2.05) is 10.4 Å². The minimum Gasteiger partial charge on any atom is -0.497 e. The fraction of sp³-hybridized carbons (Fsp3) is 0.684. The number of nitrogens with zero attached hydrogens (tertiary/aromatic N) is 2. The number of ether oxygens (including phenoxy) is 1. The van der Waals surface area contributed by atoms with Crippen LogP contribution >= 0.6 is 0 Å². The largest absolute Gasteiger partial charge is 0.497 e. The Morgan fingerprint density at radius 3 is 2.88 bits per heavy atom. The van der Waals surface area contributed by atoms with E-state index in [1.165, 1.54) is 11.1 Å². The van der Waals surface area contributed by atoms with E-state index in [0.717, 1.165) is 44.5 Å². The number of benzene rings is 1. The van der Waals surface area contributed by atoms with Crippen LogP contribution in [-0.2, 0) is 16.4 Å². The van der Waals surface area contributed by atoms with Crippen LogP contribution in [0, 0.1) is 5.92 Å². The summed E-state index contributed by atoms with van der Waals surface area (Å²) in [5, 5.41) is 0. The maximum absolute atomic E-state index is 12.6. The van der Waals surface area contributed by atoms with Gasteiger partial charge in [-0.3, -0.25) is 4.90 Å². The molecule has 0 N–H and O–H groups in total. The predicted octanol–water partition coefficient (Wildman–Crippen LogP) is 2.43. The molecule has 1 aromatic rings. The molecule has 0 saturated carbocycles. The zero-order chi connectivity index (χ0) is 17.6. The van der Waals surface area contributed by atoms with Crippen molar-refractivity contribution in [1.82, 2.24) is 9.21 Å². The highest BCUT2D eigenvalue weighted by atomic mass is 32.2. The summed E-state index contributed by atoms with van der Waals surface area (Å²) in [6.07, 6.45) is 4.12. The van der Waals surface area contributed by atoms with Crippen molar-refractivity contribution in [2.45, 2.75) is 44.7 Å². The Morgan fingerprint density at radius 2 is 2.12 bits per heavy atom. The number of hydrogen-bond acceptors (Lipinski definition) is 4. The van der Waals surface area contributed by atoms with Crippen molar-refractivity contribution < 1.29 is 13.2 Å². The van der Waals surface area contributed by atoms with E-state index in [0.29, 0.717) is 18.5 Å². The second-order valence-electron chi connectivity index (χ2n) is 7.54. The standard InChI is InChI=1S/C19H28N2O3S/c1-3-25(22,23)21-9-4-5-15-13-20-10-8-14-11-16(24-2)6-7-17(14)19(20)12-18(15)21/h6-7,11,15,18-19H,3-5,8-10,12-13H2,1-2H3/t15-,18+,19+/m0/s1. The summed E-state index contributed by atoms with van der Waals surface area (Å²) >= 11 is 0. The first-order chi connectivity index (χ1) is 12.0. The van der Waals surface area contributed by atoms with E-state index in [4.69, 9.17) is 4.74 Å². The van der Waals surface area contributed by atoms with Gasteiger partial charge in [0.2, 0.25) is 10.0 Å². The summed E-state index contributed by atoms with van der Waals surface area (Å²) in [6, 6.07) is 6.87. The Labute approximate surface area is 151 Å². The lowest BCUT2D eigenvalue weighted by Gasteiger charge is -2.51. The molecule has 2 saturated heterocycles. The Morgan fingerprint density at radius 1 is 1.28 bits per heavy atom. The van der Waals surface area contributed by atoms with Gasteiger partial charge in [-0.1, -0.05) is 6.07 Å². The summed E-state index contributed by atoms with van der Waals surface area (Å²) < 4.78 is 32.4. The molecule has 25 heavy (non-hydrogen) atoms. The molecule has 5 nitrogen and oxygen atoms in total. The number of sulfonamides is 1. The molecule has 3 heterocycles. The highest BCUT2D eigenvalue weighted by molar-refractivity contribution is 7.89. The lowest BCUT2D eigenvalue weighted by atomic mass is 9.77. The van der Waals surface area contributed by atoms with Gasteiger partial charge < -0.3 is 4.74 Å². The van der Waals surface area contributed by atoms with Crippen molar-refractivity contribution in [3.05, 3.63) is 29.3 Å². The molecule has 0 aromatic heterocycles. The average molecular weight is 365 g/mol.